The number of hydrogen-bond donors (Lipinski definition) is 2. The van der Waals surface area contributed by atoms with E-state index in [9.17, 15) is 29.1 Å². The predicted molar refractivity (Wildman–Crippen MR) is 174 cm³/mol. The monoisotopic (exact) mass is 680 g/mol. The number of fused-ring (bicyclic) bond motifs is 1. The summed E-state index contributed by atoms with van der Waals surface area (Å²) in [6.07, 6.45) is -3.64. The average molecular weight is 681 g/mol. The van der Waals surface area contributed by atoms with Gasteiger partial charge in [0.05, 0.1) is 12.5 Å². The number of Topliss-reactive ketones (excluding diaryl/α,β-unsaturated/α-hetero) is 2. The van der Waals surface area contributed by atoms with Gasteiger partial charge in [-0.25, -0.2) is 4.79 Å². The zero-order chi connectivity index (χ0) is 36.3. The molecule has 3 fully saturated rings. The van der Waals surface area contributed by atoms with Crippen LogP contribution in [-0.2, 0) is 42.9 Å². The molecular weight excluding hydrogens is 624 g/mol. The highest BCUT2D eigenvalue weighted by atomic mass is 16.7. The molecular formula is C35H56N2O11. The number of aliphatic hydroxyl groups is 1. The Labute approximate surface area is 284 Å². The standard InChI is InChI=1S/C35H56N2O11/c1-12-14-36-33(43)48-34(8)17-18(3)27(39)20(5)23-16-26(38)47-35(23,9)25(13-2)45-31(42)22(7)28(40)21(6)30(34)46-32-29(41)24(37(10)11)15-19(4)44-32/h12,18-25,29-30,32,41H,1,13-17H2,2-11H3,(H,36,43)/t18-,19-,20?,21+,22-,23?,24+,25-,29-,30-,32+,34-,35+/m1/s1. The van der Waals surface area contributed by atoms with Crippen LogP contribution in [0, 0.1) is 29.6 Å². The van der Waals surface area contributed by atoms with Crippen LogP contribution in [0.25, 0.3) is 0 Å². The Morgan fingerprint density at radius 1 is 1.08 bits per heavy atom. The van der Waals surface area contributed by atoms with Crippen LogP contribution in [0.2, 0.25) is 0 Å². The number of cyclic esters (lactones) is 1. The Bertz CT molecular complexity index is 1220. The van der Waals surface area contributed by atoms with E-state index in [2.05, 4.69) is 11.9 Å². The number of ether oxygens (including phenoxy) is 5. The van der Waals surface area contributed by atoms with Crippen molar-refractivity contribution in [2.75, 3.05) is 20.6 Å². The first-order valence-corrected chi connectivity index (χ1v) is 17.0. The minimum absolute atomic E-state index is 0.0543. The maximum atomic E-state index is 14.2. The van der Waals surface area contributed by atoms with Crippen LogP contribution in [0.1, 0.15) is 81.1 Å². The largest absolute Gasteiger partial charge is 0.458 e. The van der Waals surface area contributed by atoms with Crippen LogP contribution in [0.5, 0.6) is 0 Å². The van der Waals surface area contributed by atoms with Gasteiger partial charge in [0, 0.05) is 36.3 Å². The fourth-order valence-corrected chi connectivity index (χ4v) is 7.79. The Morgan fingerprint density at radius 3 is 2.31 bits per heavy atom. The number of alkyl carbamates (subject to hydrolysis) is 1. The van der Waals surface area contributed by atoms with Gasteiger partial charge in [-0.15, -0.1) is 6.58 Å². The third-order valence-corrected chi connectivity index (χ3v) is 10.5. The lowest BCUT2D eigenvalue weighted by Crippen LogP contribution is -2.60. The topological polar surface area (TPSA) is 167 Å². The molecule has 2 unspecified atom stereocenters. The van der Waals surface area contributed by atoms with Crippen molar-refractivity contribution in [1.82, 2.24) is 10.2 Å². The van der Waals surface area contributed by atoms with E-state index in [0.717, 1.165) is 0 Å². The number of esters is 2. The number of nitrogens with one attached hydrogen (secondary N) is 1. The molecule has 13 heteroatoms. The molecule has 0 spiro atoms. The maximum Gasteiger partial charge on any atom is 0.408 e. The second kappa shape index (κ2) is 15.8. The second-order valence-corrected chi connectivity index (χ2v) is 14.5. The van der Waals surface area contributed by atoms with Gasteiger partial charge in [0.15, 0.2) is 12.1 Å². The Morgan fingerprint density at radius 2 is 1.73 bits per heavy atom. The van der Waals surface area contributed by atoms with Crippen LogP contribution >= 0.6 is 0 Å². The molecule has 13 atom stereocenters. The Hall–Kier alpha value is -2.87. The second-order valence-electron chi connectivity index (χ2n) is 14.5. The first-order valence-electron chi connectivity index (χ1n) is 17.0. The molecule has 13 nitrogen and oxygen atoms in total. The Balaban J connectivity index is 2.18. The summed E-state index contributed by atoms with van der Waals surface area (Å²) in [5.41, 5.74) is -2.98. The summed E-state index contributed by atoms with van der Waals surface area (Å²) in [6.45, 7) is 17.0. The molecule has 3 rings (SSSR count). The van der Waals surface area contributed by atoms with Crippen LogP contribution in [-0.4, -0.2) is 108 Å². The molecule has 48 heavy (non-hydrogen) atoms. The molecule has 272 valence electrons. The first-order chi connectivity index (χ1) is 22.3. The number of ketones is 2. The van der Waals surface area contributed by atoms with Gasteiger partial charge in [0.1, 0.15) is 41.2 Å². The van der Waals surface area contributed by atoms with E-state index in [1.54, 1.807) is 41.5 Å². The van der Waals surface area contributed by atoms with Crippen molar-refractivity contribution >= 4 is 29.6 Å². The fraction of sp³-hybridized carbons (Fsp3) is 0.800. The molecule has 0 aromatic rings. The predicted octanol–water partition coefficient (Wildman–Crippen LogP) is 3.20. The summed E-state index contributed by atoms with van der Waals surface area (Å²) in [5, 5.41) is 14.0. The third-order valence-electron chi connectivity index (χ3n) is 10.5. The van der Waals surface area contributed by atoms with E-state index >= 15 is 0 Å². The van der Waals surface area contributed by atoms with Gasteiger partial charge in [-0.1, -0.05) is 33.8 Å². The van der Waals surface area contributed by atoms with Crippen molar-refractivity contribution in [1.29, 1.82) is 0 Å². The maximum absolute atomic E-state index is 14.2. The lowest BCUT2D eigenvalue weighted by Gasteiger charge is -2.47. The molecule has 0 aromatic carbocycles. The summed E-state index contributed by atoms with van der Waals surface area (Å²) in [4.78, 5) is 69.7. The Kier molecular flexibility index (Phi) is 13.0. The number of hydrogen-bond acceptors (Lipinski definition) is 12. The summed E-state index contributed by atoms with van der Waals surface area (Å²) in [7, 11) is 3.65. The van der Waals surface area contributed by atoms with E-state index in [4.69, 9.17) is 23.7 Å². The summed E-state index contributed by atoms with van der Waals surface area (Å²) in [6, 6.07) is -0.349. The summed E-state index contributed by atoms with van der Waals surface area (Å²) in [5.74, 6) is -6.66. The van der Waals surface area contributed by atoms with Gasteiger partial charge in [0.2, 0.25) is 0 Å². The van der Waals surface area contributed by atoms with Gasteiger partial charge in [-0.2, -0.15) is 0 Å². The third kappa shape index (κ3) is 8.28. The fourth-order valence-electron chi connectivity index (χ4n) is 7.79. The molecule has 3 heterocycles. The number of amides is 1. The van der Waals surface area contributed by atoms with E-state index in [1.165, 1.54) is 13.0 Å². The highest BCUT2D eigenvalue weighted by Crippen LogP contribution is 2.45. The molecule has 3 aliphatic rings. The van der Waals surface area contributed by atoms with Crippen molar-refractivity contribution in [2.24, 2.45) is 29.6 Å². The van der Waals surface area contributed by atoms with Crippen molar-refractivity contribution in [3.05, 3.63) is 12.7 Å². The number of rotatable bonds is 7. The molecule has 0 aromatic heterocycles. The summed E-state index contributed by atoms with van der Waals surface area (Å²) >= 11 is 0. The van der Waals surface area contributed by atoms with Crippen molar-refractivity contribution in [3.8, 4) is 0 Å². The molecule has 3 aliphatic heterocycles. The number of nitrogens with zero attached hydrogens (tertiary/aromatic N) is 1. The normalized spacial score (nSPS) is 41.5. The minimum Gasteiger partial charge on any atom is -0.458 e. The van der Waals surface area contributed by atoms with Gasteiger partial charge in [-0.05, 0) is 61.1 Å². The smallest absolute Gasteiger partial charge is 0.408 e. The zero-order valence-corrected chi connectivity index (χ0v) is 30.1. The molecule has 1 amide bonds. The van der Waals surface area contributed by atoms with E-state index in [1.807, 2.05) is 25.9 Å². The van der Waals surface area contributed by atoms with Gasteiger partial charge < -0.3 is 39.0 Å². The van der Waals surface area contributed by atoms with Crippen molar-refractivity contribution < 1.29 is 52.8 Å². The zero-order valence-electron chi connectivity index (χ0n) is 30.1. The van der Waals surface area contributed by atoms with Gasteiger partial charge in [-0.3, -0.25) is 19.2 Å². The molecule has 2 N–H and O–H groups in total. The van der Waals surface area contributed by atoms with E-state index in [0.29, 0.717) is 6.42 Å². The van der Waals surface area contributed by atoms with Crippen molar-refractivity contribution in [3.63, 3.8) is 0 Å². The lowest BCUT2D eigenvalue weighted by molar-refractivity contribution is -0.292. The lowest BCUT2D eigenvalue weighted by atomic mass is 9.70. The summed E-state index contributed by atoms with van der Waals surface area (Å²) < 4.78 is 30.3. The van der Waals surface area contributed by atoms with Crippen molar-refractivity contribution in [2.45, 2.75) is 129 Å². The number of carbonyl (C=O) groups excluding carboxylic acids is 5. The quantitative estimate of drug-likeness (QED) is 0.175. The van der Waals surface area contributed by atoms with Crippen LogP contribution in [0.3, 0.4) is 0 Å². The average Bonchev–Trinajstić information content (AvgIpc) is 3.34. The van der Waals surface area contributed by atoms with Gasteiger partial charge >= 0.3 is 18.0 Å². The molecule has 0 aliphatic carbocycles. The van der Waals surface area contributed by atoms with Crippen LogP contribution < -0.4 is 5.32 Å². The van der Waals surface area contributed by atoms with E-state index in [-0.39, 0.29) is 43.7 Å². The van der Waals surface area contributed by atoms with Gasteiger partial charge in [0.25, 0.3) is 0 Å². The van der Waals surface area contributed by atoms with E-state index < -0.39 is 89.2 Å². The first kappa shape index (κ1) is 39.6. The minimum atomic E-state index is -1.67. The molecule has 3 saturated heterocycles. The highest BCUT2D eigenvalue weighted by molar-refractivity contribution is 6.00. The van der Waals surface area contributed by atoms with Crippen LogP contribution in [0.15, 0.2) is 12.7 Å². The molecule has 0 saturated carbocycles. The molecule has 0 radical (unpaired) electrons. The number of carbonyl (C=O) groups is 5. The highest BCUT2D eigenvalue weighted by Gasteiger charge is 2.57. The molecule has 0 bridgehead atoms. The SMILES string of the molecule is C=CCNC(=O)O[C@]1(C)C[C@@H](C)C(=O)C(C)C2CC(=O)O[C@]2(C)[C@@H](CC)OC(=O)[C@H](C)C(=O)[C@H](C)[C@H]1O[C@@H]1O[C@H](C)C[C@H](N(C)C)[C@H]1O. The number of likely N-dealkylation sites (N-methyl/N-ethyl adjacent to an activating group) is 1. The van der Waals surface area contributed by atoms with Crippen LogP contribution in [0.4, 0.5) is 4.79 Å². The number of aliphatic hydroxyl groups excluding tert-OH is 1.